The molecule has 0 aromatic heterocycles. The molecule has 0 aliphatic heterocycles. The number of unbranched alkanes of at least 4 members (excludes halogenated alkanes) is 7. The first kappa shape index (κ1) is 29.4. The molecule has 1 aliphatic carbocycles. The molecule has 0 heterocycles. The molecule has 1 aliphatic rings. The molecule has 185 valence electrons. The van der Waals surface area contributed by atoms with Crippen LogP contribution >= 0.6 is 20.0 Å². The van der Waals surface area contributed by atoms with Gasteiger partial charge in [-0.1, -0.05) is 97.3 Å². The van der Waals surface area contributed by atoms with Gasteiger partial charge in [0.15, 0.2) is 0 Å². The first-order valence-corrected chi connectivity index (χ1v) is 15.5. The summed E-state index contributed by atoms with van der Waals surface area (Å²) in [5, 5.41) is 0. The topological polar surface area (TPSA) is 55.8 Å². The van der Waals surface area contributed by atoms with Crippen molar-refractivity contribution in [2.75, 3.05) is 24.7 Å². The van der Waals surface area contributed by atoms with Gasteiger partial charge >= 0.3 is 8.25 Å². The van der Waals surface area contributed by atoms with Crippen LogP contribution in [-0.2, 0) is 13.8 Å². The van der Waals surface area contributed by atoms with E-state index >= 15 is 0 Å². The predicted octanol–water partition coefficient (Wildman–Crippen LogP) is 8.30. The first-order valence-electron chi connectivity index (χ1n) is 13.2. The van der Waals surface area contributed by atoms with Crippen molar-refractivity contribution in [3.8, 4) is 0 Å². The van der Waals surface area contributed by atoms with Crippen molar-refractivity contribution in [2.45, 2.75) is 123 Å². The molecule has 0 saturated heterocycles. The normalized spacial score (nSPS) is 17.6. The third kappa shape index (κ3) is 15.7. The molecule has 1 fully saturated rings. The zero-order valence-electron chi connectivity index (χ0n) is 20.4. The second kappa shape index (κ2) is 20.9. The van der Waals surface area contributed by atoms with Gasteiger partial charge in [-0.2, -0.15) is 11.8 Å². The zero-order chi connectivity index (χ0) is 22.6. The van der Waals surface area contributed by atoms with Gasteiger partial charge in [-0.05, 0) is 42.6 Å². The number of hydrogen-bond acceptors (Lipinski definition) is 4. The number of rotatable bonds is 21. The van der Waals surface area contributed by atoms with Crippen molar-refractivity contribution in [1.82, 2.24) is 0 Å². The Morgan fingerprint density at radius 3 is 2.23 bits per heavy atom. The second-order valence-corrected chi connectivity index (χ2v) is 11.1. The van der Waals surface area contributed by atoms with Gasteiger partial charge in [0.25, 0.3) is 0 Å². The molecule has 0 amide bonds. The summed E-state index contributed by atoms with van der Waals surface area (Å²) < 4.78 is 22.0. The van der Waals surface area contributed by atoms with Gasteiger partial charge in [0.2, 0.25) is 0 Å². The van der Waals surface area contributed by atoms with E-state index in [1.165, 1.54) is 96.3 Å². The molecular weight excluding hydrogens is 427 g/mol. The molecule has 3 atom stereocenters. The highest BCUT2D eigenvalue weighted by molar-refractivity contribution is 7.99. The average molecular weight is 478 g/mol. The van der Waals surface area contributed by atoms with Crippen LogP contribution < -0.4 is 0 Å². The molecule has 0 aromatic rings. The summed E-state index contributed by atoms with van der Waals surface area (Å²) in [6.45, 7) is 5.86. The first-order chi connectivity index (χ1) is 15.2. The van der Waals surface area contributed by atoms with Crippen molar-refractivity contribution < 1.29 is 18.7 Å². The summed E-state index contributed by atoms with van der Waals surface area (Å²) in [6, 6.07) is 0. The summed E-state index contributed by atoms with van der Waals surface area (Å²) in [6.07, 6.45) is 21.2. The zero-order valence-corrected chi connectivity index (χ0v) is 22.1. The predicted molar refractivity (Wildman–Crippen MR) is 135 cm³/mol. The van der Waals surface area contributed by atoms with Crippen LogP contribution in [-0.4, -0.2) is 35.7 Å². The highest BCUT2D eigenvalue weighted by Crippen LogP contribution is 2.36. The van der Waals surface area contributed by atoms with Gasteiger partial charge in [-0.3, -0.25) is 9.42 Å². The van der Waals surface area contributed by atoms with Gasteiger partial charge in [-0.15, -0.1) is 0 Å². The van der Waals surface area contributed by atoms with E-state index < -0.39 is 8.25 Å². The van der Waals surface area contributed by atoms with Crippen molar-refractivity contribution in [1.29, 1.82) is 0 Å². The van der Waals surface area contributed by atoms with E-state index in [9.17, 15) is 4.57 Å². The molecule has 3 unspecified atom stereocenters. The van der Waals surface area contributed by atoms with Gasteiger partial charge in [-0.25, -0.2) is 4.57 Å². The Hall–Kier alpha value is 0.330. The summed E-state index contributed by atoms with van der Waals surface area (Å²) >= 11 is 1.98. The molecule has 6 heteroatoms. The van der Waals surface area contributed by atoms with E-state index in [2.05, 4.69) is 13.8 Å². The smallest absolute Gasteiger partial charge is 0.366 e. The van der Waals surface area contributed by atoms with Crippen molar-refractivity contribution in [3.05, 3.63) is 0 Å². The Morgan fingerprint density at radius 2 is 1.58 bits per heavy atom. The van der Waals surface area contributed by atoms with Crippen molar-refractivity contribution in [2.24, 2.45) is 11.8 Å². The number of hydrogen-bond donors (Lipinski definition) is 1. The lowest BCUT2D eigenvalue weighted by atomic mass is 9.77. The summed E-state index contributed by atoms with van der Waals surface area (Å²) in [5.74, 6) is 3.59. The molecule has 1 saturated carbocycles. The summed E-state index contributed by atoms with van der Waals surface area (Å²) in [5.41, 5.74) is 0. The summed E-state index contributed by atoms with van der Waals surface area (Å²) in [7, 11) is -2.45. The Morgan fingerprint density at radius 1 is 0.903 bits per heavy atom. The van der Waals surface area contributed by atoms with Crippen LogP contribution in [0, 0.1) is 11.8 Å². The lowest BCUT2D eigenvalue weighted by molar-refractivity contribution is -0.0124. The van der Waals surface area contributed by atoms with Crippen LogP contribution in [0.15, 0.2) is 0 Å². The molecule has 0 spiro atoms. The van der Waals surface area contributed by atoms with Crippen molar-refractivity contribution >= 4 is 20.0 Å². The highest BCUT2D eigenvalue weighted by atomic mass is 32.2. The number of thioether (sulfide) groups is 1. The Bertz CT molecular complexity index is 418. The van der Waals surface area contributed by atoms with Gasteiger partial charge in [0.1, 0.15) is 0 Å². The van der Waals surface area contributed by atoms with Gasteiger partial charge in [0.05, 0.1) is 12.7 Å². The van der Waals surface area contributed by atoms with Crippen LogP contribution in [0.2, 0.25) is 0 Å². The Labute approximate surface area is 198 Å². The van der Waals surface area contributed by atoms with Crippen LogP contribution in [0.1, 0.15) is 117 Å². The van der Waals surface area contributed by atoms with Crippen molar-refractivity contribution in [3.63, 3.8) is 0 Å². The van der Waals surface area contributed by atoms with Gasteiger partial charge in [0, 0.05) is 6.61 Å². The van der Waals surface area contributed by atoms with E-state index in [0.717, 1.165) is 30.5 Å². The largest absolute Gasteiger partial charge is 0.378 e. The molecule has 0 bridgehead atoms. The van der Waals surface area contributed by atoms with E-state index in [1.54, 1.807) is 0 Å². The lowest BCUT2D eigenvalue weighted by Crippen LogP contribution is -2.34. The van der Waals surface area contributed by atoms with Gasteiger partial charge < -0.3 is 4.74 Å². The third-order valence-electron chi connectivity index (χ3n) is 6.58. The highest BCUT2D eigenvalue weighted by Gasteiger charge is 2.30. The third-order valence-corrected chi connectivity index (χ3v) is 8.18. The standard InChI is InChI=1S/C25H50O4PS/c1-3-5-6-7-8-9-10-14-19-28-25(16-4-2)24(23-17-12-11-13-18-23)22-31-21-15-20-29-30(26)27/h23-25H,3-22H2,1-2H3,(H,26,27). The lowest BCUT2D eigenvalue weighted by Gasteiger charge is -2.36. The fraction of sp³-hybridized carbons (Fsp3) is 1.00. The Kier molecular flexibility index (Phi) is 19.8. The fourth-order valence-electron chi connectivity index (χ4n) is 4.81. The maximum atomic E-state index is 10.6. The molecule has 31 heavy (non-hydrogen) atoms. The van der Waals surface area contributed by atoms with E-state index in [0.29, 0.717) is 18.6 Å². The van der Waals surface area contributed by atoms with E-state index in [-0.39, 0.29) is 0 Å². The van der Waals surface area contributed by atoms with Crippen LogP contribution in [0.5, 0.6) is 0 Å². The maximum Gasteiger partial charge on any atom is 0.366 e. The molecular formula is C25H50O4PS. The van der Waals surface area contributed by atoms with E-state index in [1.807, 2.05) is 11.8 Å². The SMILES string of the molecule is CCCCCCCCCCOC(CCC)C(CSCCCO[P](=O)O)C1CCCCC1. The minimum Gasteiger partial charge on any atom is -0.378 e. The molecule has 1 radical (unpaired) electrons. The Balaban J connectivity index is 2.38. The second-order valence-electron chi connectivity index (χ2n) is 9.23. The maximum absolute atomic E-state index is 10.6. The fourth-order valence-corrected chi connectivity index (χ4v) is 6.34. The minimum absolute atomic E-state index is 0.375. The monoisotopic (exact) mass is 477 g/mol. The quantitative estimate of drug-likeness (QED) is 0.133. The van der Waals surface area contributed by atoms with Crippen LogP contribution in [0.25, 0.3) is 0 Å². The molecule has 1 rings (SSSR count). The molecule has 1 N–H and O–H groups in total. The average Bonchev–Trinajstić information content (AvgIpc) is 2.77. The summed E-state index contributed by atoms with van der Waals surface area (Å²) in [4.78, 5) is 8.75. The molecule has 4 nitrogen and oxygen atoms in total. The number of ether oxygens (including phenoxy) is 1. The van der Waals surface area contributed by atoms with E-state index in [4.69, 9.17) is 14.2 Å². The molecule has 0 aromatic carbocycles. The minimum atomic E-state index is -2.45. The van der Waals surface area contributed by atoms with Crippen LogP contribution in [0.3, 0.4) is 0 Å². The van der Waals surface area contributed by atoms with Crippen LogP contribution in [0.4, 0.5) is 0 Å².